The Morgan fingerprint density at radius 3 is 3.13 bits per heavy atom. The van der Waals surface area contributed by atoms with Gasteiger partial charge in [0.15, 0.2) is 0 Å². The van der Waals surface area contributed by atoms with Gasteiger partial charge in [0.1, 0.15) is 5.75 Å². The Balaban J connectivity index is 2.12. The van der Waals surface area contributed by atoms with Gasteiger partial charge in [-0.3, -0.25) is 4.39 Å². The molecule has 0 saturated heterocycles. The van der Waals surface area contributed by atoms with Gasteiger partial charge < -0.3 is 9.84 Å². The number of hydrogen-bond donors (Lipinski definition) is 1. The summed E-state index contributed by atoms with van der Waals surface area (Å²) in [6, 6.07) is 5.68. The lowest BCUT2D eigenvalue weighted by Crippen LogP contribution is -2.01. The van der Waals surface area contributed by atoms with Crippen molar-refractivity contribution in [3.8, 4) is 5.75 Å². The Kier molecular flexibility index (Phi) is 3.21. The molecule has 0 heterocycles. The van der Waals surface area contributed by atoms with E-state index < -0.39 is 0 Å². The zero-order chi connectivity index (χ0) is 10.7. The normalized spacial score (nSPS) is 18.9. The van der Waals surface area contributed by atoms with Gasteiger partial charge in [0.25, 0.3) is 0 Å². The number of alkyl halides is 1. The van der Waals surface area contributed by atoms with Crippen molar-refractivity contribution in [3.63, 3.8) is 0 Å². The second-order valence-corrected chi connectivity index (χ2v) is 3.77. The first kappa shape index (κ1) is 10.4. The second kappa shape index (κ2) is 4.62. The Bertz CT molecular complexity index is 338. The first-order valence-corrected chi connectivity index (χ1v) is 5.31. The van der Waals surface area contributed by atoms with Crippen LogP contribution >= 0.6 is 0 Å². The van der Waals surface area contributed by atoms with Gasteiger partial charge in [-0.1, -0.05) is 12.1 Å². The lowest BCUT2D eigenvalue weighted by atomic mass is 10.1. The van der Waals surface area contributed by atoms with Gasteiger partial charge in [-0.05, 0) is 24.5 Å². The lowest BCUT2D eigenvalue weighted by Gasteiger charge is -2.10. The van der Waals surface area contributed by atoms with Crippen molar-refractivity contribution in [1.29, 1.82) is 0 Å². The Morgan fingerprint density at radius 2 is 2.33 bits per heavy atom. The number of ether oxygens (including phenoxy) is 1. The SMILES string of the molecule is OC1CCc2c(OCCCF)cccc21. The lowest BCUT2D eigenvalue weighted by molar-refractivity contribution is 0.180. The van der Waals surface area contributed by atoms with Crippen LogP contribution in [0.25, 0.3) is 0 Å². The number of benzene rings is 1. The predicted molar refractivity (Wildman–Crippen MR) is 55.8 cm³/mol. The minimum Gasteiger partial charge on any atom is -0.493 e. The molecule has 1 unspecified atom stereocenters. The molecule has 2 rings (SSSR count). The Labute approximate surface area is 88.7 Å². The van der Waals surface area contributed by atoms with Crippen LogP contribution in [0.3, 0.4) is 0 Å². The fourth-order valence-corrected chi connectivity index (χ4v) is 1.97. The average molecular weight is 210 g/mol. The largest absolute Gasteiger partial charge is 0.493 e. The van der Waals surface area contributed by atoms with Crippen LogP contribution in [0.15, 0.2) is 18.2 Å². The van der Waals surface area contributed by atoms with E-state index in [1.807, 2.05) is 18.2 Å². The van der Waals surface area contributed by atoms with Crippen LogP contribution in [-0.2, 0) is 6.42 Å². The summed E-state index contributed by atoms with van der Waals surface area (Å²) in [5, 5.41) is 9.66. The van der Waals surface area contributed by atoms with Gasteiger partial charge >= 0.3 is 0 Å². The highest BCUT2D eigenvalue weighted by Crippen LogP contribution is 2.36. The van der Waals surface area contributed by atoms with Crippen molar-refractivity contribution in [2.24, 2.45) is 0 Å². The van der Waals surface area contributed by atoms with Gasteiger partial charge in [0, 0.05) is 12.0 Å². The molecule has 0 saturated carbocycles. The molecule has 0 radical (unpaired) electrons. The highest BCUT2D eigenvalue weighted by Gasteiger charge is 2.22. The molecule has 15 heavy (non-hydrogen) atoms. The molecule has 1 aliphatic rings. The zero-order valence-corrected chi connectivity index (χ0v) is 8.58. The van der Waals surface area contributed by atoms with Gasteiger partial charge in [-0.25, -0.2) is 0 Å². The average Bonchev–Trinajstić information content (AvgIpc) is 2.62. The van der Waals surface area contributed by atoms with E-state index in [0.29, 0.717) is 13.0 Å². The number of aliphatic hydroxyl groups is 1. The molecule has 0 aliphatic heterocycles. The fraction of sp³-hybridized carbons (Fsp3) is 0.500. The molecule has 1 N–H and O–H groups in total. The third-order valence-corrected chi connectivity index (χ3v) is 2.73. The Morgan fingerprint density at radius 1 is 1.47 bits per heavy atom. The van der Waals surface area contributed by atoms with Crippen molar-refractivity contribution in [1.82, 2.24) is 0 Å². The van der Waals surface area contributed by atoms with E-state index in [9.17, 15) is 9.50 Å². The van der Waals surface area contributed by atoms with Crippen molar-refractivity contribution in [2.75, 3.05) is 13.3 Å². The van der Waals surface area contributed by atoms with Crippen LogP contribution in [-0.4, -0.2) is 18.4 Å². The maximum atomic E-state index is 11.9. The summed E-state index contributed by atoms with van der Waals surface area (Å²) in [4.78, 5) is 0. The molecule has 1 aromatic carbocycles. The summed E-state index contributed by atoms with van der Waals surface area (Å²) in [7, 11) is 0. The van der Waals surface area contributed by atoms with E-state index in [1.165, 1.54) is 0 Å². The minimum atomic E-state index is -0.357. The highest BCUT2D eigenvalue weighted by molar-refractivity contribution is 5.44. The molecule has 82 valence electrons. The molecule has 1 aromatic rings. The molecular formula is C12H15FO2. The van der Waals surface area contributed by atoms with Crippen LogP contribution in [0.1, 0.15) is 30.1 Å². The summed E-state index contributed by atoms with van der Waals surface area (Å²) in [5.74, 6) is 0.803. The molecule has 0 amide bonds. The molecule has 2 nitrogen and oxygen atoms in total. The molecule has 1 aliphatic carbocycles. The fourth-order valence-electron chi connectivity index (χ4n) is 1.97. The molecule has 0 bridgehead atoms. The summed E-state index contributed by atoms with van der Waals surface area (Å²) in [5.41, 5.74) is 2.05. The van der Waals surface area contributed by atoms with E-state index in [0.717, 1.165) is 29.7 Å². The number of halogens is 1. The molecule has 0 spiro atoms. The maximum Gasteiger partial charge on any atom is 0.122 e. The molecule has 1 atom stereocenters. The maximum absolute atomic E-state index is 11.9. The topological polar surface area (TPSA) is 29.5 Å². The van der Waals surface area contributed by atoms with E-state index in [2.05, 4.69) is 0 Å². The van der Waals surface area contributed by atoms with Crippen molar-refractivity contribution < 1.29 is 14.2 Å². The van der Waals surface area contributed by atoms with Crippen LogP contribution < -0.4 is 4.74 Å². The summed E-state index contributed by atoms with van der Waals surface area (Å²) < 4.78 is 17.4. The van der Waals surface area contributed by atoms with Crippen molar-refractivity contribution in [3.05, 3.63) is 29.3 Å². The van der Waals surface area contributed by atoms with Crippen LogP contribution in [0.4, 0.5) is 4.39 Å². The van der Waals surface area contributed by atoms with E-state index in [-0.39, 0.29) is 12.8 Å². The number of aliphatic hydroxyl groups excluding tert-OH is 1. The quantitative estimate of drug-likeness (QED) is 0.773. The van der Waals surface area contributed by atoms with Gasteiger partial charge in [-0.15, -0.1) is 0 Å². The third-order valence-electron chi connectivity index (χ3n) is 2.73. The minimum absolute atomic E-state index is 0.350. The van der Waals surface area contributed by atoms with Gasteiger partial charge in [0.2, 0.25) is 0 Å². The van der Waals surface area contributed by atoms with E-state index >= 15 is 0 Å². The zero-order valence-electron chi connectivity index (χ0n) is 8.58. The van der Waals surface area contributed by atoms with Gasteiger partial charge in [-0.2, -0.15) is 0 Å². The number of rotatable bonds is 4. The first-order chi connectivity index (χ1) is 7.33. The van der Waals surface area contributed by atoms with Crippen molar-refractivity contribution in [2.45, 2.75) is 25.4 Å². The van der Waals surface area contributed by atoms with Crippen LogP contribution in [0, 0.1) is 0 Å². The molecule has 0 fully saturated rings. The van der Waals surface area contributed by atoms with Crippen molar-refractivity contribution >= 4 is 0 Å². The summed E-state index contributed by atoms with van der Waals surface area (Å²) in [6.07, 6.45) is 1.68. The standard InChI is InChI=1S/C12H15FO2/c13-7-2-8-15-12-4-1-3-9-10(12)5-6-11(9)14/h1,3-4,11,14H,2,5-8H2. The highest BCUT2D eigenvalue weighted by atomic mass is 19.1. The van der Waals surface area contributed by atoms with Crippen LogP contribution in [0.2, 0.25) is 0 Å². The Hall–Kier alpha value is -1.09. The number of fused-ring (bicyclic) bond motifs is 1. The molecule has 0 aromatic heterocycles. The number of hydrogen-bond acceptors (Lipinski definition) is 2. The van der Waals surface area contributed by atoms with E-state index in [1.54, 1.807) is 0 Å². The monoisotopic (exact) mass is 210 g/mol. The van der Waals surface area contributed by atoms with Crippen LogP contribution in [0.5, 0.6) is 5.75 Å². The first-order valence-electron chi connectivity index (χ1n) is 5.31. The molecule has 3 heteroatoms. The smallest absolute Gasteiger partial charge is 0.122 e. The summed E-state index contributed by atoms with van der Waals surface area (Å²) >= 11 is 0. The van der Waals surface area contributed by atoms with E-state index in [4.69, 9.17) is 4.74 Å². The summed E-state index contributed by atoms with van der Waals surface area (Å²) in [6.45, 7) is 0.0562. The third kappa shape index (κ3) is 2.12. The second-order valence-electron chi connectivity index (χ2n) is 3.77. The predicted octanol–water partition coefficient (Wildman–Crippen LogP) is 2.40. The van der Waals surface area contributed by atoms with Gasteiger partial charge in [0.05, 0.1) is 19.4 Å². The molecular weight excluding hydrogens is 195 g/mol.